The Bertz CT molecular complexity index is 814. The standard InChI is InChI=1S/C21H28N4O3.HI/c1-4-22-21(25(2)15-16-9-5-8-12-19(16)28-3)24-14-13-23-20(27)17-10-6-7-11-18(17)26;/h5-12,26H,4,13-15H2,1-3H3,(H,22,24)(H,23,27);1H. The zero-order valence-electron chi connectivity index (χ0n) is 17.0. The third-order valence-corrected chi connectivity index (χ3v) is 4.10. The minimum Gasteiger partial charge on any atom is -0.507 e. The number of guanidine groups is 1. The number of hydrogen-bond donors (Lipinski definition) is 3. The van der Waals surface area contributed by atoms with E-state index in [2.05, 4.69) is 15.6 Å². The maximum Gasteiger partial charge on any atom is 0.255 e. The largest absolute Gasteiger partial charge is 0.507 e. The molecule has 0 atom stereocenters. The van der Waals surface area contributed by atoms with E-state index < -0.39 is 0 Å². The molecule has 0 spiro atoms. The lowest BCUT2D eigenvalue weighted by Crippen LogP contribution is -2.39. The van der Waals surface area contributed by atoms with Crippen molar-refractivity contribution >= 4 is 35.8 Å². The highest BCUT2D eigenvalue weighted by Gasteiger charge is 2.11. The second-order valence-electron chi connectivity index (χ2n) is 6.18. The zero-order chi connectivity index (χ0) is 20.4. The highest BCUT2D eigenvalue weighted by Crippen LogP contribution is 2.18. The highest BCUT2D eigenvalue weighted by molar-refractivity contribution is 14.0. The molecule has 158 valence electrons. The van der Waals surface area contributed by atoms with Gasteiger partial charge in [-0.3, -0.25) is 9.79 Å². The van der Waals surface area contributed by atoms with Crippen LogP contribution in [0.25, 0.3) is 0 Å². The number of nitrogens with zero attached hydrogens (tertiary/aromatic N) is 2. The average molecular weight is 512 g/mol. The molecule has 29 heavy (non-hydrogen) atoms. The number of methoxy groups -OCH3 is 1. The molecule has 8 heteroatoms. The summed E-state index contributed by atoms with van der Waals surface area (Å²) in [5.74, 6) is 1.22. The SMILES string of the molecule is CCNC(=NCCNC(=O)c1ccccc1O)N(C)Cc1ccccc1OC.I. The van der Waals surface area contributed by atoms with E-state index in [1.807, 2.05) is 43.1 Å². The fourth-order valence-electron chi connectivity index (χ4n) is 2.73. The Morgan fingerprint density at radius 1 is 1.14 bits per heavy atom. The van der Waals surface area contributed by atoms with Crippen molar-refractivity contribution in [3.05, 3.63) is 59.7 Å². The van der Waals surface area contributed by atoms with Gasteiger partial charge in [0.15, 0.2) is 5.96 Å². The molecule has 3 N–H and O–H groups in total. The number of aliphatic imine (C=N–C) groups is 1. The number of phenols is 1. The lowest BCUT2D eigenvalue weighted by atomic mass is 10.2. The second-order valence-corrected chi connectivity index (χ2v) is 6.18. The van der Waals surface area contributed by atoms with Gasteiger partial charge in [0.1, 0.15) is 11.5 Å². The molecular formula is C21H29IN4O3. The van der Waals surface area contributed by atoms with Crippen LogP contribution in [-0.4, -0.2) is 55.7 Å². The number of amides is 1. The number of benzene rings is 2. The van der Waals surface area contributed by atoms with Gasteiger partial charge in [0.25, 0.3) is 5.91 Å². The zero-order valence-corrected chi connectivity index (χ0v) is 19.3. The Labute approximate surface area is 189 Å². The summed E-state index contributed by atoms with van der Waals surface area (Å²) >= 11 is 0. The normalized spacial score (nSPS) is 10.7. The summed E-state index contributed by atoms with van der Waals surface area (Å²) in [5, 5.41) is 15.8. The molecule has 0 radical (unpaired) electrons. The molecule has 2 rings (SSSR count). The van der Waals surface area contributed by atoms with Crippen molar-refractivity contribution in [1.82, 2.24) is 15.5 Å². The number of para-hydroxylation sites is 2. The highest BCUT2D eigenvalue weighted by atomic mass is 127. The number of nitrogens with one attached hydrogen (secondary N) is 2. The summed E-state index contributed by atoms with van der Waals surface area (Å²) in [6, 6.07) is 14.3. The van der Waals surface area contributed by atoms with E-state index in [4.69, 9.17) is 4.74 Å². The van der Waals surface area contributed by atoms with Crippen molar-refractivity contribution in [3.8, 4) is 11.5 Å². The van der Waals surface area contributed by atoms with Crippen molar-refractivity contribution in [2.75, 3.05) is 33.8 Å². The van der Waals surface area contributed by atoms with Crippen LogP contribution >= 0.6 is 24.0 Å². The van der Waals surface area contributed by atoms with Gasteiger partial charge < -0.3 is 25.4 Å². The third kappa shape index (κ3) is 7.45. The van der Waals surface area contributed by atoms with Gasteiger partial charge in [-0.2, -0.15) is 0 Å². The van der Waals surface area contributed by atoms with Crippen LogP contribution in [0.2, 0.25) is 0 Å². The minimum absolute atomic E-state index is 0. The van der Waals surface area contributed by atoms with E-state index >= 15 is 0 Å². The number of aromatic hydroxyl groups is 1. The van der Waals surface area contributed by atoms with E-state index in [0.29, 0.717) is 19.6 Å². The molecule has 0 aliphatic rings. The van der Waals surface area contributed by atoms with Crippen LogP contribution in [0, 0.1) is 0 Å². The van der Waals surface area contributed by atoms with Crippen LogP contribution in [0.5, 0.6) is 11.5 Å². The van der Waals surface area contributed by atoms with Gasteiger partial charge in [-0.25, -0.2) is 0 Å². The van der Waals surface area contributed by atoms with Crippen LogP contribution in [0.4, 0.5) is 0 Å². The molecule has 0 heterocycles. The fourth-order valence-corrected chi connectivity index (χ4v) is 2.73. The molecule has 0 unspecified atom stereocenters. The lowest BCUT2D eigenvalue weighted by Gasteiger charge is -2.23. The number of rotatable bonds is 8. The van der Waals surface area contributed by atoms with Gasteiger partial charge in [0.2, 0.25) is 0 Å². The van der Waals surface area contributed by atoms with Crippen LogP contribution in [0.15, 0.2) is 53.5 Å². The van der Waals surface area contributed by atoms with Gasteiger partial charge in [0, 0.05) is 32.2 Å². The van der Waals surface area contributed by atoms with Crippen LogP contribution in [-0.2, 0) is 6.54 Å². The Morgan fingerprint density at radius 2 is 1.83 bits per heavy atom. The monoisotopic (exact) mass is 512 g/mol. The van der Waals surface area contributed by atoms with Crippen LogP contribution in [0.1, 0.15) is 22.8 Å². The van der Waals surface area contributed by atoms with Gasteiger partial charge in [-0.15, -0.1) is 24.0 Å². The Kier molecular flexibility index (Phi) is 10.9. The summed E-state index contributed by atoms with van der Waals surface area (Å²) in [6.45, 7) is 4.16. The molecular weight excluding hydrogens is 483 g/mol. The summed E-state index contributed by atoms with van der Waals surface area (Å²) in [7, 11) is 3.61. The van der Waals surface area contributed by atoms with Crippen LogP contribution in [0.3, 0.4) is 0 Å². The number of hydrogen-bond acceptors (Lipinski definition) is 4. The van der Waals surface area contributed by atoms with Gasteiger partial charge >= 0.3 is 0 Å². The van der Waals surface area contributed by atoms with E-state index in [1.54, 1.807) is 25.3 Å². The van der Waals surface area contributed by atoms with E-state index in [0.717, 1.165) is 23.8 Å². The first kappa shape index (κ1) is 24.5. The topological polar surface area (TPSA) is 86.2 Å². The molecule has 7 nitrogen and oxygen atoms in total. The maximum atomic E-state index is 12.1. The molecule has 0 aliphatic carbocycles. The fraction of sp³-hybridized carbons (Fsp3) is 0.333. The summed E-state index contributed by atoms with van der Waals surface area (Å²) < 4.78 is 5.41. The molecule has 0 saturated heterocycles. The van der Waals surface area contributed by atoms with Gasteiger partial charge in [-0.1, -0.05) is 30.3 Å². The van der Waals surface area contributed by atoms with Gasteiger partial charge in [-0.05, 0) is 25.1 Å². The molecule has 2 aromatic rings. The summed E-state index contributed by atoms with van der Waals surface area (Å²) in [6.07, 6.45) is 0. The van der Waals surface area contributed by atoms with Crippen molar-refractivity contribution in [2.45, 2.75) is 13.5 Å². The molecule has 0 saturated carbocycles. The van der Waals surface area contributed by atoms with E-state index in [9.17, 15) is 9.90 Å². The first-order valence-corrected chi connectivity index (χ1v) is 9.24. The molecule has 0 aromatic heterocycles. The summed E-state index contributed by atoms with van der Waals surface area (Å²) in [5.41, 5.74) is 1.32. The lowest BCUT2D eigenvalue weighted by molar-refractivity contribution is 0.0952. The first-order chi connectivity index (χ1) is 13.6. The van der Waals surface area contributed by atoms with Gasteiger partial charge in [0.05, 0.1) is 19.2 Å². The number of carbonyl (C=O) groups is 1. The molecule has 0 bridgehead atoms. The van der Waals surface area contributed by atoms with Crippen molar-refractivity contribution in [3.63, 3.8) is 0 Å². The Hall–Kier alpha value is -2.49. The number of carbonyl (C=O) groups excluding carboxylic acids is 1. The molecule has 0 aliphatic heterocycles. The number of phenolic OH excluding ortho intramolecular Hbond substituents is 1. The first-order valence-electron chi connectivity index (χ1n) is 9.24. The Morgan fingerprint density at radius 3 is 2.52 bits per heavy atom. The average Bonchev–Trinajstić information content (AvgIpc) is 2.70. The summed E-state index contributed by atoms with van der Waals surface area (Å²) in [4.78, 5) is 18.7. The molecule has 2 aromatic carbocycles. The number of ether oxygens (including phenoxy) is 1. The maximum absolute atomic E-state index is 12.1. The molecule has 1 amide bonds. The van der Waals surface area contributed by atoms with E-state index in [-0.39, 0.29) is 41.2 Å². The third-order valence-electron chi connectivity index (χ3n) is 4.10. The van der Waals surface area contributed by atoms with E-state index in [1.165, 1.54) is 6.07 Å². The van der Waals surface area contributed by atoms with Crippen molar-refractivity contribution < 1.29 is 14.6 Å². The van der Waals surface area contributed by atoms with Crippen molar-refractivity contribution in [1.29, 1.82) is 0 Å². The quantitative estimate of drug-likeness (QED) is 0.219. The predicted molar refractivity (Wildman–Crippen MR) is 126 cm³/mol. The second kappa shape index (κ2) is 12.9. The Balaban J connectivity index is 0.00000420. The predicted octanol–water partition coefficient (Wildman–Crippen LogP) is 2.85. The molecule has 0 fully saturated rings. The minimum atomic E-state index is -0.319. The smallest absolute Gasteiger partial charge is 0.255 e. The van der Waals surface area contributed by atoms with Crippen LogP contribution < -0.4 is 15.4 Å². The van der Waals surface area contributed by atoms with Crippen molar-refractivity contribution in [2.24, 2.45) is 4.99 Å². The number of halogens is 1.